The molecule has 1 aliphatic rings. The molecule has 1 aromatic rings. The number of rotatable bonds is 2. The molecule has 1 heterocycles. The molecule has 0 bridgehead atoms. The molecule has 2 heteroatoms. The number of benzene rings is 1. The zero-order valence-corrected chi connectivity index (χ0v) is 10.6. The summed E-state index contributed by atoms with van der Waals surface area (Å²) in [5, 5.41) is 3.55. The fourth-order valence-electron chi connectivity index (χ4n) is 2.55. The molecule has 1 N–H and O–H groups in total. The molecule has 0 aliphatic carbocycles. The average Bonchev–Trinajstić information content (AvgIpc) is 2.27. The van der Waals surface area contributed by atoms with Crippen molar-refractivity contribution in [2.75, 3.05) is 19.0 Å². The number of para-hydroxylation sites is 1. The molecule has 0 saturated carbocycles. The van der Waals surface area contributed by atoms with Crippen molar-refractivity contribution in [1.82, 2.24) is 0 Å². The fourth-order valence-corrected chi connectivity index (χ4v) is 2.55. The van der Waals surface area contributed by atoms with Crippen LogP contribution in [0.2, 0.25) is 0 Å². The van der Waals surface area contributed by atoms with Crippen LogP contribution in [0.25, 0.3) is 0 Å². The molecule has 2 atom stereocenters. The highest BCUT2D eigenvalue weighted by atomic mass is 16.5. The number of hydrogen-bond acceptors (Lipinski definition) is 2. The summed E-state index contributed by atoms with van der Waals surface area (Å²) >= 11 is 0. The van der Waals surface area contributed by atoms with E-state index in [9.17, 15) is 0 Å². The van der Waals surface area contributed by atoms with Gasteiger partial charge in [0.15, 0.2) is 0 Å². The second-order valence-corrected chi connectivity index (χ2v) is 4.98. The van der Waals surface area contributed by atoms with E-state index >= 15 is 0 Å². The molecule has 88 valence electrons. The number of anilines is 1. The summed E-state index contributed by atoms with van der Waals surface area (Å²) in [7, 11) is 1.80. The van der Waals surface area contributed by atoms with Gasteiger partial charge in [0.25, 0.3) is 0 Å². The smallest absolute Gasteiger partial charge is 0.0883 e. The Bertz CT molecular complexity index is 373. The first-order valence-corrected chi connectivity index (χ1v) is 6.04. The molecule has 2 unspecified atom stereocenters. The summed E-state index contributed by atoms with van der Waals surface area (Å²) < 4.78 is 5.62. The lowest BCUT2D eigenvalue weighted by atomic mass is 9.87. The van der Waals surface area contributed by atoms with Gasteiger partial charge in [-0.05, 0) is 11.5 Å². The van der Waals surface area contributed by atoms with Gasteiger partial charge in [0.2, 0.25) is 0 Å². The highest BCUT2D eigenvalue weighted by molar-refractivity contribution is 5.61. The normalized spacial score (nSPS) is 24.1. The summed E-state index contributed by atoms with van der Waals surface area (Å²) in [4.78, 5) is 0. The van der Waals surface area contributed by atoms with E-state index in [0.29, 0.717) is 11.8 Å². The lowest BCUT2D eigenvalue weighted by Gasteiger charge is -2.33. The van der Waals surface area contributed by atoms with E-state index in [1.807, 2.05) is 0 Å². The van der Waals surface area contributed by atoms with Crippen LogP contribution in [0, 0.1) is 5.92 Å². The van der Waals surface area contributed by atoms with E-state index in [1.54, 1.807) is 7.11 Å². The Labute approximate surface area is 98.0 Å². The van der Waals surface area contributed by atoms with E-state index in [4.69, 9.17) is 4.74 Å². The van der Waals surface area contributed by atoms with Gasteiger partial charge in [-0.3, -0.25) is 0 Å². The van der Waals surface area contributed by atoms with Crippen molar-refractivity contribution in [1.29, 1.82) is 0 Å². The van der Waals surface area contributed by atoms with E-state index in [0.717, 1.165) is 6.54 Å². The van der Waals surface area contributed by atoms with Crippen LogP contribution in [0.15, 0.2) is 18.2 Å². The van der Waals surface area contributed by atoms with Crippen molar-refractivity contribution in [2.24, 2.45) is 5.92 Å². The van der Waals surface area contributed by atoms with Gasteiger partial charge in [-0.25, -0.2) is 0 Å². The van der Waals surface area contributed by atoms with Gasteiger partial charge in [-0.1, -0.05) is 39.0 Å². The average molecular weight is 219 g/mol. The highest BCUT2D eigenvalue weighted by Gasteiger charge is 2.27. The maximum atomic E-state index is 5.62. The summed E-state index contributed by atoms with van der Waals surface area (Å²) in [5.74, 6) is 1.08. The third-order valence-electron chi connectivity index (χ3n) is 3.43. The van der Waals surface area contributed by atoms with Crippen molar-refractivity contribution in [3.63, 3.8) is 0 Å². The third kappa shape index (κ3) is 1.82. The lowest BCUT2D eigenvalue weighted by Crippen LogP contribution is -2.27. The van der Waals surface area contributed by atoms with Crippen LogP contribution in [0.4, 0.5) is 5.69 Å². The minimum atomic E-state index is 0.231. The Kier molecular flexibility index (Phi) is 3.20. The number of methoxy groups -OCH3 is 1. The Morgan fingerprint density at radius 3 is 2.75 bits per heavy atom. The van der Waals surface area contributed by atoms with Gasteiger partial charge in [0.1, 0.15) is 0 Å². The maximum Gasteiger partial charge on any atom is 0.0883 e. The van der Waals surface area contributed by atoms with Gasteiger partial charge in [-0.2, -0.15) is 0 Å². The topological polar surface area (TPSA) is 21.3 Å². The lowest BCUT2D eigenvalue weighted by molar-refractivity contribution is 0.0595. The van der Waals surface area contributed by atoms with E-state index < -0.39 is 0 Å². The molecule has 16 heavy (non-hydrogen) atoms. The Morgan fingerprint density at radius 2 is 2.12 bits per heavy atom. The molecule has 0 saturated heterocycles. The van der Waals surface area contributed by atoms with Crippen molar-refractivity contribution < 1.29 is 4.74 Å². The Balaban J connectivity index is 2.48. The predicted molar refractivity (Wildman–Crippen MR) is 67.9 cm³/mol. The zero-order chi connectivity index (χ0) is 11.7. The molecule has 0 fully saturated rings. The van der Waals surface area contributed by atoms with Crippen LogP contribution >= 0.6 is 0 Å². The number of ether oxygens (including phenoxy) is 1. The van der Waals surface area contributed by atoms with Crippen LogP contribution in [-0.4, -0.2) is 13.7 Å². The third-order valence-corrected chi connectivity index (χ3v) is 3.43. The van der Waals surface area contributed by atoms with Gasteiger partial charge >= 0.3 is 0 Å². The second-order valence-electron chi connectivity index (χ2n) is 4.98. The highest BCUT2D eigenvalue weighted by Crippen LogP contribution is 2.39. The maximum absolute atomic E-state index is 5.62. The Hall–Kier alpha value is -1.02. The van der Waals surface area contributed by atoms with E-state index in [-0.39, 0.29) is 6.10 Å². The second kappa shape index (κ2) is 4.46. The van der Waals surface area contributed by atoms with Gasteiger partial charge in [0.05, 0.1) is 6.10 Å². The van der Waals surface area contributed by atoms with Crippen LogP contribution in [0.5, 0.6) is 0 Å². The largest absolute Gasteiger partial charge is 0.384 e. The predicted octanol–water partition coefficient (Wildman–Crippen LogP) is 3.56. The molecule has 1 aromatic carbocycles. The van der Waals surface area contributed by atoms with Crippen molar-refractivity contribution in [2.45, 2.75) is 32.8 Å². The van der Waals surface area contributed by atoms with Gasteiger partial charge in [0, 0.05) is 30.8 Å². The summed E-state index contributed by atoms with van der Waals surface area (Å²) in [6.45, 7) is 7.69. The molecule has 0 spiro atoms. The van der Waals surface area contributed by atoms with Crippen molar-refractivity contribution in [3.8, 4) is 0 Å². The molecule has 2 nitrogen and oxygen atoms in total. The molecular formula is C14H21NO. The molecular weight excluding hydrogens is 198 g/mol. The minimum absolute atomic E-state index is 0.231. The molecule has 0 amide bonds. The first-order valence-electron chi connectivity index (χ1n) is 6.04. The summed E-state index contributed by atoms with van der Waals surface area (Å²) in [6.07, 6.45) is 0.231. The van der Waals surface area contributed by atoms with E-state index in [2.05, 4.69) is 44.3 Å². The number of nitrogens with one attached hydrogen (secondary N) is 1. The van der Waals surface area contributed by atoms with Crippen LogP contribution < -0.4 is 5.32 Å². The van der Waals surface area contributed by atoms with Crippen molar-refractivity contribution in [3.05, 3.63) is 29.3 Å². The van der Waals surface area contributed by atoms with Crippen LogP contribution in [0.1, 0.15) is 43.9 Å². The number of fused-ring (bicyclic) bond motifs is 1. The van der Waals surface area contributed by atoms with Gasteiger partial charge < -0.3 is 10.1 Å². The zero-order valence-electron chi connectivity index (χ0n) is 10.6. The molecule has 0 aromatic heterocycles. The quantitative estimate of drug-likeness (QED) is 0.821. The van der Waals surface area contributed by atoms with Crippen LogP contribution in [-0.2, 0) is 4.74 Å². The summed E-state index contributed by atoms with van der Waals surface area (Å²) in [5.41, 5.74) is 4.00. The monoisotopic (exact) mass is 219 g/mol. The molecule has 0 radical (unpaired) electrons. The van der Waals surface area contributed by atoms with Crippen molar-refractivity contribution >= 4 is 5.69 Å². The molecule has 2 rings (SSSR count). The van der Waals surface area contributed by atoms with Gasteiger partial charge in [-0.15, -0.1) is 0 Å². The first kappa shape index (κ1) is 11.5. The fraction of sp³-hybridized carbons (Fsp3) is 0.571. The van der Waals surface area contributed by atoms with Crippen LogP contribution in [0.3, 0.4) is 0 Å². The number of hydrogen-bond donors (Lipinski definition) is 1. The first-order chi connectivity index (χ1) is 7.65. The van der Waals surface area contributed by atoms with E-state index in [1.165, 1.54) is 16.8 Å². The standard InChI is InChI=1S/C14H21NO/c1-9(2)11-6-5-7-12-13(11)15-8-10(3)14(12)16-4/h5-7,9-10,14-15H,8H2,1-4H3. The molecule has 1 aliphatic heterocycles. The Morgan fingerprint density at radius 1 is 1.38 bits per heavy atom. The SMILES string of the molecule is COC1c2cccc(C(C)C)c2NCC1C. The summed E-state index contributed by atoms with van der Waals surface area (Å²) in [6, 6.07) is 6.52. The minimum Gasteiger partial charge on any atom is -0.384 e.